The lowest BCUT2D eigenvalue weighted by Gasteiger charge is -2.16. The number of hydrogen-bond donors (Lipinski definition) is 2. The molecule has 1 saturated carbocycles. The Morgan fingerprint density at radius 1 is 1.32 bits per heavy atom. The van der Waals surface area contributed by atoms with E-state index in [-0.39, 0.29) is 11.8 Å². The van der Waals surface area contributed by atoms with Crippen LogP contribution in [0.5, 0.6) is 0 Å². The number of nitrogens with one attached hydrogen (secondary N) is 2. The molecule has 5 nitrogen and oxygen atoms in total. The molecule has 3 rings (SSSR count). The molecule has 1 aromatic carbocycles. The third-order valence-electron chi connectivity index (χ3n) is 4.20. The number of carbonyl (C=O) groups excluding carboxylic acids is 2. The molecule has 2 N–H and O–H groups in total. The van der Waals surface area contributed by atoms with Crippen molar-refractivity contribution in [3.63, 3.8) is 0 Å². The quantitative estimate of drug-likeness (QED) is 0.801. The van der Waals surface area contributed by atoms with Gasteiger partial charge in [0.15, 0.2) is 0 Å². The van der Waals surface area contributed by atoms with Gasteiger partial charge in [0.05, 0.1) is 6.54 Å². The maximum Gasteiger partial charge on any atom is 0.234 e. The van der Waals surface area contributed by atoms with E-state index in [9.17, 15) is 9.59 Å². The van der Waals surface area contributed by atoms with E-state index >= 15 is 0 Å². The summed E-state index contributed by atoms with van der Waals surface area (Å²) in [5.74, 6) is 0.983. The molecule has 1 saturated heterocycles. The second-order valence-corrected chi connectivity index (χ2v) is 6.17. The first kappa shape index (κ1) is 15.0. The summed E-state index contributed by atoms with van der Waals surface area (Å²) in [4.78, 5) is 25.4. The molecule has 0 aromatic heterocycles. The lowest BCUT2D eigenvalue weighted by Crippen LogP contribution is -2.34. The summed E-state index contributed by atoms with van der Waals surface area (Å²) in [7, 11) is 0. The summed E-state index contributed by atoms with van der Waals surface area (Å²) in [6, 6.07) is 7.85. The standard InChI is InChI=1S/C17H23N3O2/c21-16(12-18-10-13-6-7-13)19-11-14-3-1-4-15(9-14)20-8-2-5-17(20)22/h1,3-4,9,13,18H,2,5-8,10-12H2,(H,19,21). The molecule has 5 heteroatoms. The largest absolute Gasteiger partial charge is 0.351 e. The monoisotopic (exact) mass is 301 g/mol. The molecule has 0 spiro atoms. The highest BCUT2D eigenvalue weighted by molar-refractivity contribution is 5.95. The van der Waals surface area contributed by atoms with E-state index in [0.29, 0.717) is 19.5 Å². The zero-order valence-electron chi connectivity index (χ0n) is 12.8. The number of nitrogens with zero attached hydrogens (tertiary/aromatic N) is 1. The number of benzene rings is 1. The van der Waals surface area contributed by atoms with E-state index in [1.165, 1.54) is 12.8 Å². The third-order valence-corrected chi connectivity index (χ3v) is 4.20. The molecular weight excluding hydrogens is 278 g/mol. The van der Waals surface area contributed by atoms with Gasteiger partial charge in [0.1, 0.15) is 0 Å². The van der Waals surface area contributed by atoms with Gasteiger partial charge < -0.3 is 15.5 Å². The van der Waals surface area contributed by atoms with Gasteiger partial charge in [-0.2, -0.15) is 0 Å². The molecule has 0 radical (unpaired) electrons. The number of amides is 2. The van der Waals surface area contributed by atoms with Crippen LogP contribution < -0.4 is 15.5 Å². The molecule has 2 aliphatic rings. The fourth-order valence-electron chi connectivity index (χ4n) is 2.73. The molecule has 1 aliphatic heterocycles. The van der Waals surface area contributed by atoms with Crippen molar-refractivity contribution in [2.75, 3.05) is 24.5 Å². The summed E-state index contributed by atoms with van der Waals surface area (Å²) in [6.45, 7) is 2.61. The van der Waals surface area contributed by atoms with Crippen LogP contribution in [0.2, 0.25) is 0 Å². The first-order chi connectivity index (χ1) is 10.7. The Morgan fingerprint density at radius 3 is 2.91 bits per heavy atom. The zero-order valence-corrected chi connectivity index (χ0v) is 12.8. The van der Waals surface area contributed by atoms with Gasteiger partial charge in [0.25, 0.3) is 0 Å². The van der Waals surface area contributed by atoms with Crippen molar-refractivity contribution in [1.29, 1.82) is 0 Å². The van der Waals surface area contributed by atoms with E-state index in [0.717, 1.165) is 36.7 Å². The van der Waals surface area contributed by atoms with Crippen LogP contribution in [0.15, 0.2) is 24.3 Å². The van der Waals surface area contributed by atoms with Crippen LogP contribution >= 0.6 is 0 Å². The second-order valence-electron chi connectivity index (χ2n) is 6.17. The molecule has 22 heavy (non-hydrogen) atoms. The van der Waals surface area contributed by atoms with Gasteiger partial charge in [-0.05, 0) is 49.4 Å². The first-order valence-electron chi connectivity index (χ1n) is 8.09. The summed E-state index contributed by atoms with van der Waals surface area (Å²) < 4.78 is 0. The molecule has 1 aromatic rings. The Balaban J connectivity index is 1.47. The molecule has 2 fully saturated rings. The fourth-order valence-corrected chi connectivity index (χ4v) is 2.73. The summed E-state index contributed by atoms with van der Waals surface area (Å²) in [5, 5.41) is 6.10. The summed E-state index contributed by atoms with van der Waals surface area (Å²) in [6.07, 6.45) is 4.13. The normalized spacial score (nSPS) is 17.8. The van der Waals surface area contributed by atoms with Gasteiger partial charge in [-0.1, -0.05) is 12.1 Å². The van der Waals surface area contributed by atoms with Crippen LogP contribution in [0.3, 0.4) is 0 Å². The highest BCUT2D eigenvalue weighted by Gasteiger charge is 2.22. The topological polar surface area (TPSA) is 61.4 Å². The number of anilines is 1. The predicted molar refractivity (Wildman–Crippen MR) is 85.5 cm³/mol. The average Bonchev–Trinajstić information content (AvgIpc) is 3.25. The Labute approximate surface area is 131 Å². The molecule has 1 heterocycles. The van der Waals surface area contributed by atoms with E-state index in [4.69, 9.17) is 0 Å². The van der Waals surface area contributed by atoms with E-state index in [1.807, 2.05) is 29.2 Å². The first-order valence-corrected chi connectivity index (χ1v) is 8.09. The van der Waals surface area contributed by atoms with Gasteiger partial charge in [-0.25, -0.2) is 0 Å². The Hall–Kier alpha value is -1.88. The molecule has 0 bridgehead atoms. The van der Waals surface area contributed by atoms with Gasteiger partial charge in [0, 0.05) is 25.2 Å². The Kier molecular flexibility index (Phi) is 4.73. The number of carbonyl (C=O) groups is 2. The minimum atomic E-state index is 0.0169. The highest BCUT2D eigenvalue weighted by Crippen LogP contribution is 2.27. The minimum Gasteiger partial charge on any atom is -0.351 e. The van der Waals surface area contributed by atoms with Crippen LogP contribution in [0.25, 0.3) is 0 Å². The summed E-state index contributed by atoms with van der Waals surface area (Å²) >= 11 is 0. The van der Waals surface area contributed by atoms with Crippen LogP contribution in [0, 0.1) is 5.92 Å². The van der Waals surface area contributed by atoms with Crippen LogP contribution in [0.4, 0.5) is 5.69 Å². The smallest absolute Gasteiger partial charge is 0.234 e. The van der Waals surface area contributed by atoms with Crippen molar-refractivity contribution in [2.45, 2.75) is 32.2 Å². The molecular formula is C17H23N3O2. The van der Waals surface area contributed by atoms with Crippen LogP contribution in [0.1, 0.15) is 31.2 Å². The van der Waals surface area contributed by atoms with E-state index < -0.39 is 0 Å². The lowest BCUT2D eigenvalue weighted by atomic mass is 10.2. The zero-order chi connectivity index (χ0) is 15.4. The molecule has 0 unspecified atom stereocenters. The SMILES string of the molecule is O=C(CNCC1CC1)NCc1cccc(N2CCCC2=O)c1. The molecule has 2 amide bonds. The van der Waals surface area contributed by atoms with Crippen molar-refractivity contribution >= 4 is 17.5 Å². The minimum absolute atomic E-state index is 0.0169. The maximum absolute atomic E-state index is 11.8. The van der Waals surface area contributed by atoms with Gasteiger partial charge in [0.2, 0.25) is 11.8 Å². The van der Waals surface area contributed by atoms with Crippen molar-refractivity contribution in [3.8, 4) is 0 Å². The molecule has 118 valence electrons. The average molecular weight is 301 g/mol. The van der Waals surface area contributed by atoms with E-state index in [2.05, 4.69) is 10.6 Å². The Morgan fingerprint density at radius 2 is 2.18 bits per heavy atom. The number of rotatable bonds is 7. The second kappa shape index (κ2) is 6.92. The summed E-state index contributed by atoms with van der Waals surface area (Å²) in [5.41, 5.74) is 1.95. The molecule has 0 atom stereocenters. The van der Waals surface area contributed by atoms with E-state index in [1.54, 1.807) is 0 Å². The van der Waals surface area contributed by atoms with Crippen molar-refractivity contribution in [2.24, 2.45) is 5.92 Å². The maximum atomic E-state index is 11.8. The fraction of sp³-hybridized carbons (Fsp3) is 0.529. The van der Waals surface area contributed by atoms with Crippen molar-refractivity contribution in [1.82, 2.24) is 10.6 Å². The van der Waals surface area contributed by atoms with Gasteiger partial charge >= 0.3 is 0 Å². The number of hydrogen-bond acceptors (Lipinski definition) is 3. The van der Waals surface area contributed by atoms with Crippen LogP contribution in [-0.2, 0) is 16.1 Å². The highest BCUT2D eigenvalue weighted by atomic mass is 16.2. The van der Waals surface area contributed by atoms with Crippen molar-refractivity contribution in [3.05, 3.63) is 29.8 Å². The van der Waals surface area contributed by atoms with Gasteiger partial charge in [-0.15, -0.1) is 0 Å². The van der Waals surface area contributed by atoms with Crippen LogP contribution in [-0.4, -0.2) is 31.4 Å². The third kappa shape index (κ3) is 4.07. The lowest BCUT2D eigenvalue weighted by molar-refractivity contribution is -0.120. The van der Waals surface area contributed by atoms with Crippen molar-refractivity contribution < 1.29 is 9.59 Å². The predicted octanol–water partition coefficient (Wildman–Crippen LogP) is 1.43. The molecule has 1 aliphatic carbocycles. The van der Waals surface area contributed by atoms with Gasteiger partial charge in [-0.3, -0.25) is 9.59 Å². The Bertz CT molecular complexity index is 555.